The zero-order chi connectivity index (χ0) is 12.1. The molecule has 3 nitrogen and oxygen atoms in total. The lowest BCUT2D eigenvalue weighted by atomic mass is 10.1. The van der Waals surface area contributed by atoms with E-state index in [0.29, 0.717) is 0 Å². The largest absolute Gasteiger partial charge is 0.416 e. The van der Waals surface area contributed by atoms with E-state index >= 15 is 0 Å². The number of alkyl halides is 3. The number of benzene rings is 1. The lowest BCUT2D eigenvalue weighted by molar-refractivity contribution is -0.191. The lowest BCUT2D eigenvalue weighted by Crippen LogP contribution is -2.07. The van der Waals surface area contributed by atoms with Gasteiger partial charge in [0.15, 0.2) is 0 Å². The second-order valence-electron chi connectivity index (χ2n) is 2.66. The summed E-state index contributed by atoms with van der Waals surface area (Å²) in [6.45, 7) is 1.41. The smallest absolute Gasteiger partial charge is 0.399 e. The molecule has 15 heavy (non-hydrogen) atoms. The van der Waals surface area contributed by atoms with Gasteiger partial charge in [0.1, 0.15) is 0 Å². The van der Waals surface area contributed by atoms with E-state index in [1.54, 1.807) is 0 Å². The number of hydrogen-bond acceptors (Lipinski definition) is 3. The summed E-state index contributed by atoms with van der Waals surface area (Å²) in [5.74, 6) is 0. The van der Waals surface area contributed by atoms with E-state index in [9.17, 15) is 13.2 Å². The van der Waals surface area contributed by atoms with Crippen molar-refractivity contribution in [1.82, 2.24) is 0 Å². The van der Waals surface area contributed by atoms with E-state index < -0.39 is 11.7 Å². The number of halogens is 3. The normalized spacial score (nSPS) is 9.87. The van der Waals surface area contributed by atoms with E-state index in [0.717, 1.165) is 6.07 Å². The molecule has 0 aliphatic rings. The van der Waals surface area contributed by atoms with Gasteiger partial charge in [0, 0.05) is 5.69 Å². The van der Waals surface area contributed by atoms with Crippen LogP contribution in [0.4, 0.5) is 18.9 Å². The molecule has 0 aliphatic heterocycles. The molecule has 6 heteroatoms. The monoisotopic (exact) mass is 219 g/mol. The molecule has 0 aromatic heterocycles. The summed E-state index contributed by atoms with van der Waals surface area (Å²) >= 11 is 0. The third kappa shape index (κ3) is 4.28. The third-order valence-electron chi connectivity index (χ3n) is 1.57. The van der Waals surface area contributed by atoms with E-state index in [1.165, 1.54) is 19.1 Å². The topological polar surface area (TPSA) is 60.2 Å². The molecular weight excluding hydrogens is 211 g/mol. The number of anilines is 1. The number of nitrogen functional groups attached to an aromatic ring is 1. The maximum absolute atomic E-state index is 12.2. The van der Waals surface area contributed by atoms with Crippen LogP contribution in [0.15, 0.2) is 18.2 Å². The molecule has 0 atom stereocenters. The molecule has 0 saturated carbocycles. The molecule has 0 heterocycles. The molecular formula is C9H8F3NO2. The van der Waals surface area contributed by atoms with Gasteiger partial charge >= 0.3 is 12.3 Å². The molecule has 82 valence electrons. The first-order chi connectivity index (χ1) is 6.82. The van der Waals surface area contributed by atoms with Crippen molar-refractivity contribution in [1.29, 1.82) is 0 Å². The summed E-state index contributed by atoms with van der Waals surface area (Å²) in [6, 6.07) is 3.75. The molecule has 0 fully saturated rings. The molecule has 0 spiro atoms. The number of carbonyl (C=O) groups excluding carboxylic acids is 2. The van der Waals surface area contributed by atoms with Crippen molar-refractivity contribution in [3.8, 4) is 0 Å². The van der Waals surface area contributed by atoms with Crippen LogP contribution in [-0.2, 0) is 15.8 Å². The molecule has 0 radical (unpaired) electrons. The highest BCUT2D eigenvalue weighted by atomic mass is 19.4. The van der Waals surface area contributed by atoms with E-state index in [4.69, 9.17) is 15.3 Å². The molecule has 0 unspecified atom stereocenters. The van der Waals surface area contributed by atoms with Gasteiger partial charge in [0.25, 0.3) is 0 Å². The average Bonchev–Trinajstić information content (AvgIpc) is 2.09. The van der Waals surface area contributed by atoms with E-state index in [-0.39, 0.29) is 17.4 Å². The number of hydrogen-bond donors (Lipinski definition) is 1. The van der Waals surface area contributed by atoms with Gasteiger partial charge < -0.3 is 5.73 Å². The van der Waals surface area contributed by atoms with Crippen molar-refractivity contribution >= 4 is 11.8 Å². The Kier molecular flexibility index (Phi) is 4.54. The number of aryl methyl sites for hydroxylation is 1. The van der Waals surface area contributed by atoms with Gasteiger partial charge in [-0.15, -0.1) is 0 Å². The van der Waals surface area contributed by atoms with Crippen molar-refractivity contribution < 1.29 is 22.8 Å². The highest BCUT2D eigenvalue weighted by Gasteiger charge is 2.32. The minimum atomic E-state index is -4.31. The maximum atomic E-state index is 12.2. The van der Waals surface area contributed by atoms with Gasteiger partial charge in [0.2, 0.25) is 0 Å². The van der Waals surface area contributed by atoms with Crippen molar-refractivity contribution in [2.45, 2.75) is 13.1 Å². The first-order valence-corrected chi connectivity index (χ1v) is 3.75. The van der Waals surface area contributed by atoms with Crippen LogP contribution < -0.4 is 5.73 Å². The van der Waals surface area contributed by atoms with Crippen LogP contribution in [0.3, 0.4) is 0 Å². The molecule has 0 bridgehead atoms. The second-order valence-corrected chi connectivity index (χ2v) is 2.66. The predicted molar refractivity (Wildman–Crippen MR) is 45.6 cm³/mol. The molecule has 0 saturated heterocycles. The standard InChI is InChI=1S/C8H8F3N.CO2/c1-5-2-3-6(12)4-7(5)8(9,10)11;2-1-3/h2-4H,12H2,1H3;. The Hall–Kier alpha value is -1.81. The Morgan fingerprint density at radius 2 is 1.73 bits per heavy atom. The predicted octanol–water partition coefficient (Wildman–Crippen LogP) is 2.01. The van der Waals surface area contributed by atoms with Gasteiger partial charge in [0.05, 0.1) is 5.56 Å². The molecule has 1 aromatic carbocycles. The third-order valence-corrected chi connectivity index (χ3v) is 1.57. The van der Waals surface area contributed by atoms with Crippen LogP contribution in [0.1, 0.15) is 11.1 Å². The maximum Gasteiger partial charge on any atom is 0.416 e. The Morgan fingerprint density at radius 3 is 2.07 bits per heavy atom. The molecule has 2 N–H and O–H groups in total. The van der Waals surface area contributed by atoms with Crippen molar-refractivity contribution in [2.24, 2.45) is 0 Å². The lowest BCUT2D eigenvalue weighted by Gasteiger charge is -2.09. The SMILES string of the molecule is Cc1ccc(N)cc1C(F)(F)F.O=C=O. The van der Waals surface area contributed by atoms with Crippen LogP contribution in [0, 0.1) is 6.92 Å². The number of nitrogens with two attached hydrogens (primary N) is 1. The summed E-state index contributed by atoms with van der Waals surface area (Å²) < 4.78 is 36.5. The first-order valence-electron chi connectivity index (χ1n) is 3.75. The first kappa shape index (κ1) is 13.2. The fourth-order valence-corrected chi connectivity index (χ4v) is 0.945. The fourth-order valence-electron chi connectivity index (χ4n) is 0.945. The number of rotatable bonds is 0. The van der Waals surface area contributed by atoms with E-state index in [2.05, 4.69) is 0 Å². The summed E-state index contributed by atoms with van der Waals surface area (Å²) in [5.41, 5.74) is 4.88. The van der Waals surface area contributed by atoms with Crippen LogP contribution in [0.25, 0.3) is 0 Å². The van der Waals surface area contributed by atoms with Crippen LogP contribution >= 0.6 is 0 Å². The average molecular weight is 219 g/mol. The molecule has 0 amide bonds. The summed E-state index contributed by atoms with van der Waals surface area (Å²) in [4.78, 5) is 16.2. The minimum Gasteiger partial charge on any atom is -0.399 e. The minimum absolute atomic E-state index is 0.132. The zero-order valence-electron chi connectivity index (χ0n) is 7.76. The Labute approximate surface area is 83.7 Å². The van der Waals surface area contributed by atoms with Gasteiger partial charge in [-0.1, -0.05) is 6.07 Å². The highest BCUT2D eigenvalue weighted by molar-refractivity contribution is 5.45. The van der Waals surface area contributed by atoms with Crippen LogP contribution in [0.2, 0.25) is 0 Å². The molecule has 1 rings (SSSR count). The quantitative estimate of drug-likeness (QED) is 0.679. The summed E-state index contributed by atoms with van der Waals surface area (Å²) in [7, 11) is 0. The van der Waals surface area contributed by atoms with Crippen molar-refractivity contribution in [3.05, 3.63) is 29.3 Å². The van der Waals surface area contributed by atoms with Crippen LogP contribution in [0.5, 0.6) is 0 Å². The van der Waals surface area contributed by atoms with Gasteiger partial charge in [-0.25, -0.2) is 0 Å². The summed E-state index contributed by atoms with van der Waals surface area (Å²) in [6.07, 6.45) is -4.06. The van der Waals surface area contributed by atoms with Crippen molar-refractivity contribution in [3.63, 3.8) is 0 Å². The molecule has 0 aliphatic carbocycles. The molecule has 1 aromatic rings. The summed E-state index contributed by atoms with van der Waals surface area (Å²) in [5, 5.41) is 0. The Morgan fingerprint density at radius 1 is 1.27 bits per heavy atom. The van der Waals surface area contributed by atoms with Gasteiger partial charge in [-0.3, -0.25) is 0 Å². The van der Waals surface area contributed by atoms with Gasteiger partial charge in [-0.05, 0) is 24.6 Å². The van der Waals surface area contributed by atoms with Crippen LogP contribution in [-0.4, -0.2) is 6.15 Å². The highest BCUT2D eigenvalue weighted by Crippen LogP contribution is 2.32. The van der Waals surface area contributed by atoms with Gasteiger partial charge in [-0.2, -0.15) is 22.8 Å². The Balaban J connectivity index is 0.000000583. The second kappa shape index (κ2) is 5.17. The van der Waals surface area contributed by atoms with E-state index in [1.807, 2.05) is 0 Å². The fraction of sp³-hybridized carbons (Fsp3) is 0.222. The Bertz CT molecular complexity index is 368. The van der Waals surface area contributed by atoms with Crippen molar-refractivity contribution in [2.75, 3.05) is 5.73 Å². The zero-order valence-corrected chi connectivity index (χ0v) is 7.76.